The van der Waals surface area contributed by atoms with Crippen LogP contribution in [0.25, 0.3) is 0 Å². The third-order valence-corrected chi connectivity index (χ3v) is 4.02. The smallest absolute Gasteiger partial charge is 0.414 e. The molecule has 0 aliphatic carbocycles. The van der Waals surface area contributed by atoms with Crippen molar-refractivity contribution < 1.29 is 24.6 Å². The molecule has 3 rings (SSSR count). The highest BCUT2D eigenvalue weighted by Gasteiger charge is 2.36. The van der Waals surface area contributed by atoms with E-state index in [4.69, 9.17) is 19.8 Å². The van der Waals surface area contributed by atoms with E-state index in [1.165, 1.54) is 0 Å². The van der Waals surface area contributed by atoms with Crippen LogP contribution in [-0.2, 0) is 14.4 Å². The highest BCUT2D eigenvalue weighted by molar-refractivity contribution is 6.27. The molecule has 2 heterocycles. The Morgan fingerprint density at radius 3 is 2.12 bits per heavy atom. The molecular weight excluding hydrogens is 314 g/mol. The first-order valence-corrected chi connectivity index (χ1v) is 7.78. The van der Waals surface area contributed by atoms with E-state index in [1.807, 2.05) is 35.2 Å². The lowest BCUT2D eigenvalue weighted by Crippen LogP contribution is -2.51. The van der Waals surface area contributed by atoms with Gasteiger partial charge in [0.15, 0.2) is 0 Å². The Labute approximate surface area is 139 Å². The van der Waals surface area contributed by atoms with Crippen LogP contribution in [0.3, 0.4) is 0 Å². The number of piperazine rings is 1. The fraction of sp³-hybridized carbons (Fsp3) is 0.438. The van der Waals surface area contributed by atoms with Crippen LogP contribution in [0, 0.1) is 0 Å². The summed E-state index contributed by atoms with van der Waals surface area (Å²) in [5.41, 5.74) is 1.03. The molecule has 0 saturated carbocycles. The minimum Gasteiger partial charge on any atom is -0.473 e. The topological polar surface area (TPSA) is 110 Å². The number of nitrogens with zero attached hydrogens (tertiary/aromatic N) is 2. The molecule has 2 fully saturated rings. The first-order valence-electron chi connectivity index (χ1n) is 7.78. The van der Waals surface area contributed by atoms with Crippen LogP contribution in [-0.4, -0.2) is 71.7 Å². The number of para-hydroxylation sites is 1. The number of aliphatic carboxylic acids is 2. The average molecular weight is 335 g/mol. The number of carbonyl (C=O) groups is 3. The Balaban J connectivity index is 0.000000301. The monoisotopic (exact) mass is 335 g/mol. The number of rotatable bonds is 2. The second-order valence-corrected chi connectivity index (χ2v) is 5.53. The zero-order valence-corrected chi connectivity index (χ0v) is 13.2. The van der Waals surface area contributed by atoms with Crippen LogP contribution in [0.15, 0.2) is 30.3 Å². The second-order valence-electron chi connectivity index (χ2n) is 5.53. The molecule has 0 bridgehead atoms. The van der Waals surface area contributed by atoms with Gasteiger partial charge in [-0.25, -0.2) is 9.59 Å². The van der Waals surface area contributed by atoms with Gasteiger partial charge >= 0.3 is 11.9 Å². The van der Waals surface area contributed by atoms with Crippen LogP contribution in [0.1, 0.15) is 6.42 Å². The van der Waals surface area contributed by atoms with Crippen LogP contribution in [0.4, 0.5) is 5.69 Å². The largest absolute Gasteiger partial charge is 0.473 e. The fourth-order valence-electron chi connectivity index (χ4n) is 2.86. The lowest BCUT2D eigenvalue weighted by molar-refractivity contribution is -0.159. The van der Waals surface area contributed by atoms with E-state index in [1.54, 1.807) is 0 Å². The molecule has 0 aromatic heterocycles. The zero-order chi connectivity index (χ0) is 17.5. The molecular formula is C16H21N3O5. The molecule has 0 spiro atoms. The van der Waals surface area contributed by atoms with E-state index < -0.39 is 11.9 Å². The van der Waals surface area contributed by atoms with Gasteiger partial charge in [-0.2, -0.15) is 0 Å². The number of amides is 1. The molecule has 2 aliphatic heterocycles. The molecule has 1 amide bonds. The number of carbonyl (C=O) groups excluding carboxylic acids is 1. The summed E-state index contributed by atoms with van der Waals surface area (Å²) in [6.07, 6.45) is 0.952. The van der Waals surface area contributed by atoms with E-state index in [0.29, 0.717) is 0 Å². The first kappa shape index (κ1) is 17.9. The van der Waals surface area contributed by atoms with Crippen molar-refractivity contribution in [1.29, 1.82) is 0 Å². The van der Waals surface area contributed by atoms with Crippen molar-refractivity contribution in [2.45, 2.75) is 12.5 Å². The molecule has 2 aliphatic rings. The van der Waals surface area contributed by atoms with E-state index in [9.17, 15) is 4.79 Å². The van der Waals surface area contributed by atoms with Crippen molar-refractivity contribution in [3.63, 3.8) is 0 Å². The van der Waals surface area contributed by atoms with Gasteiger partial charge in [0, 0.05) is 38.4 Å². The Morgan fingerprint density at radius 1 is 1.00 bits per heavy atom. The lowest BCUT2D eigenvalue weighted by Gasteiger charge is -2.31. The van der Waals surface area contributed by atoms with Crippen molar-refractivity contribution in [1.82, 2.24) is 10.2 Å². The normalized spacial score (nSPS) is 21.1. The molecule has 1 unspecified atom stereocenters. The number of carboxylic acids is 2. The van der Waals surface area contributed by atoms with E-state index in [2.05, 4.69) is 10.2 Å². The molecule has 1 aromatic carbocycles. The standard InChI is InChI=1S/C14H19N3O.C2H2O4/c18-14-13(16-10-7-15-8-11-16)6-9-17(14)12-4-2-1-3-5-12;3-1(4)2(5)6/h1-5,13,15H,6-11H2;(H,3,4)(H,5,6). The van der Waals surface area contributed by atoms with Crippen LogP contribution in [0.5, 0.6) is 0 Å². The predicted molar refractivity (Wildman–Crippen MR) is 86.9 cm³/mol. The van der Waals surface area contributed by atoms with Gasteiger partial charge < -0.3 is 20.4 Å². The molecule has 1 atom stereocenters. The third-order valence-electron chi connectivity index (χ3n) is 4.02. The first-order chi connectivity index (χ1) is 11.5. The summed E-state index contributed by atoms with van der Waals surface area (Å²) in [6, 6.07) is 10.1. The Hall–Kier alpha value is -2.45. The molecule has 130 valence electrons. The summed E-state index contributed by atoms with van der Waals surface area (Å²) >= 11 is 0. The molecule has 2 saturated heterocycles. The number of nitrogens with one attached hydrogen (secondary N) is 1. The molecule has 8 nitrogen and oxygen atoms in total. The third kappa shape index (κ3) is 4.53. The maximum Gasteiger partial charge on any atom is 0.414 e. The number of benzene rings is 1. The number of hydrogen-bond donors (Lipinski definition) is 3. The van der Waals surface area contributed by atoms with Gasteiger partial charge in [0.25, 0.3) is 0 Å². The summed E-state index contributed by atoms with van der Waals surface area (Å²) in [5, 5.41) is 18.1. The Bertz CT molecular complexity index is 575. The van der Waals surface area contributed by atoms with Crippen LogP contribution >= 0.6 is 0 Å². The zero-order valence-electron chi connectivity index (χ0n) is 13.2. The maximum atomic E-state index is 12.5. The van der Waals surface area contributed by atoms with Gasteiger partial charge in [-0.15, -0.1) is 0 Å². The van der Waals surface area contributed by atoms with Crippen LogP contribution in [0.2, 0.25) is 0 Å². The van der Waals surface area contributed by atoms with Crippen molar-refractivity contribution >= 4 is 23.5 Å². The summed E-state index contributed by atoms with van der Waals surface area (Å²) < 4.78 is 0. The highest BCUT2D eigenvalue weighted by atomic mass is 16.4. The van der Waals surface area contributed by atoms with Crippen molar-refractivity contribution in [2.75, 3.05) is 37.6 Å². The van der Waals surface area contributed by atoms with Crippen molar-refractivity contribution in [2.24, 2.45) is 0 Å². The van der Waals surface area contributed by atoms with Gasteiger partial charge in [-0.1, -0.05) is 18.2 Å². The number of carboxylic acid groups (broad SMARTS) is 2. The maximum absolute atomic E-state index is 12.5. The van der Waals surface area contributed by atoms with Gasteiger partial charge in [-0.05, 0) is 18.6 Å². The van der Waals surface area contributed by atoms with Crippen molar-refractivity contribution in [3.8, 4) is 0 Å². The fourth-order valence-corrected chi connectivity index (χ4v) is 2.86. The molecule has 8 heteroatoms. The summed E-state index contributed by atoms with van der Waals surface area (Å²) in [4.78, 5) is 34.9. The lowest BCUT2D eigenvalue weighted by atomic mass is 10.2. The highest BCUT2D eigenvalue weighted by Crippen LogP contribution is 2.24. The van der Waals surface area contributed by atoms with Gasteiger partial charge in [0.05, 0.1) is 6.04 Å². The minimum atomic E-state index is -1.82. The predicted octanol–water partition coefficient (Wildman–Crippen LogP) is -0.147. The summed E-state index contributed by atoms with van der Waals surface area (Å²) in [6.45, 7) is 4.81. The summed E-state index contributed by atoms with van der Waals surface area (Å²) in [5.74, 6) is -3.38. The second kappa shape index (κ2) is 8.42. The minimum absolute atomic E-state index is 0.0901. The van der Waals surface area contributed by atoms with Gasteiger partial charge in [0.2, 0.25) is 5.91 Å². The summed E-state index contributed by atoms with van der Waals surface area (Å²) in [7, 11) is 0. The van der Waals surface area contributed by atoms with E-state index >= 15 is 0 Å². The Kier molecular flexibility index (Phi) is 6.28. The van der Waals surface area contributed by atoms with Gasteiger partial charge in [-0.3, -0.25) is 9.69 Å². The SMILES string of the molecule is O=C(O)C(=O)O.O=C1C(N2CCNCC2)CCN1c1ccccc1. The Morgan fingerprint density at radius 2 is 1.58 bits per heavy atom. The van der Waals surface area contributed by atoms with Gasteiger partial charge in [0.1, 0.15) is 0 Å². The molecule has 3 N–H and O–H groups in total. The number of anilines is 1. The molecule has 0 radical (unpaired) electrons. The molecule has 24 heavy (non-hydrogen) atoms. The quantitative estimate of drug-likeness (QED) is 0.645. The number of hydrogen-bond acceptors (Lipinski definition) is 5. The van der Waals surface area contributed by atoms with E-state index in [0.717, 1.165) is 44.8 Å². The van der Waals surface area contributed by atoms with Crippen molar-refractivity contribution in [3.05, 3.63) is 30.3 Å². The van der Waals surface area contributed by atoms with E-state index in [-0.39, 0.29) is 11.9 Å². The average Bonchev–Trinajstić information content (AvgIpc) is 2.98. The van der Waals surface area contributed by atoms with Crippen LogP contribution < -0.4 is 10.2 Å². The molecule has 1 aromatic rings.